The van der Waals surface area contributed by atoms with Crippen LogP contribution in [0.3, 0.4) is 0 Å². The molecule has 2 fully saturated rings. The lowest BCUT2D eigenvalue weighted by Gasteiger charge is -2.37. The largest absolute Gasteiger partial charge is 0.367 e. The molecule has 2 N–H and O–H groups in total. The molecule has 3 aromatic carbocycles. The first kappa shape index (κ1) is 25.4. The van der Waals surface area contributed by atoms with Crippen LogP contribution < -0.4 is 15.5 Å². The van der Waals surface area contributed by atoms with Gasteiger partial charge >= 0.3 is 0 Å². The average molecular weight is 519 g/mol. The molecule has 1 heterocycles. The number of rotatable bonds is 7. The molecule has 0 bridgehead atoms. The molecule has 0 aromatic heterocycles. The first-order valence-corrected chi connectivity index (χ1v) is 12.7. The number of carbonyl (C=O) groups is 3. The van der Waals surface area contributed by atoms with E-state index in [2.05, 4.69) is 10.6 Å². The summed E-state index contributed by atoms with van der Waals surface area (Å²) >= 11 is 0. The van der Waals surface area contributed by atoms with Crippen molar-refractivity contribution < 1.29 is 23.2 Å². The van der Waals surface area contributed by atoms with Gasteiger partial charge in [-0.1, -0.05) is 24.3 Å². The standard InChI is InChI=1S/C29H28F2N4O3/c30-21-9-5-19(6-10-21)18-32-28(37)24-17-22(33-27(36)20-7-8-20)11-12-26(24)34-13-15-35(16-14-34)29(38)23-3-1-2-4-25(23)31/h1-6,9-12,17,20H,7-8,13-16,18H2,(H,32,37)(H,33,36). The maximum absolute atomic E-state index is 14.1. The second-order valence-electron chi connectivity index (χ2n) is 9.56. The molecule has 5 rings (SSSR count). The minimum Gasteiger partial charge on any atom is -0.367 e. The Morgan fingerprint density at radius 2 is 1.55 bits per heavy atom. The van der Waals surface area contributed by atoms with Gasteiger partial charge in [0.1, 0.15) is 11.6 Å². The lowest BCUT2D eigenvalue weighted by atomic mass is 10.1. The minimum atomic E-state index is -0.552. The van der Waals surface area contributed by atoms with Gasteiger partial charge in [0.05, 0.1) is 11.1 Å². The van der Waals surface area contributed by atoms with Crippen LogP contribution in [-0.4, -0.2) is 48.8 Å². The molecule has 0 unspecified atom stereocenters. The molecule has 0 radical (unpaired) electrons. The number of anilines is 2. The fourth-order valence-corrected chi connectivity index (χ4v) is 4.50. The van der Waals surface area contributed by atoms with Gasteiger partial charge in [-0.25, -0.2) is 8.78 Å². The smallest absolute Gasteiger partial charge is 0.256 e. The summed E-state index contributed by atoms with van der Waals surface area (Å²) in [6, 6.07) is 17.0. The summed E-state index contributed by atoms with van der Waals surface area (Å²) in [4.78, 5) is 42.0. The quantitative estimate of drug-likeness (QED) is 0.491. The molecule has 9 heteroatoms. The summed E-state index contributed by atoms with van der Waals surface area (Å²) in [6.07, 6.45) is 1.73. The van der Waals surface area contributed by atoms with Gasteiger partial charge in [0.2, 0.25) is 5.91 Å². The van der Waals surface area contributed by atoms with Gasteiger partial charge in [-0.2, -0.15) is 0 Å². The Morgan fingerprint density at radius 3 is 2.24 bits per heavy atom. The number of piperazine rings is 1. The molecular weight excluding hydrogens is 490 g/mol. The number of amides is 3. The topological polar surface area (TPSA) is 81.8 Å². The van der Waals surface area contributed by atoms with Gasteiger partial charge in [-0.3, -0.25) is 14.4 Å². The Bertz CT molecular complexity index is 1350. The minimum absolute atomic E-state index is 0.0190. The zero-order valence-electron chi connectivity index (χ0n) is 20.8. The van der Waals surface area contributed by atoms with E-state index >= 15 is 0 Å². The molecule has 7 nitrogen and oxygen atoms in total. The van der Waals surface area contributed by atoms with Crippen LogP contribution in [0.5, 0.6) is 0 Å². The SMILES string of the molecule is O=C(NCc1ccc(F)cc1)c1cc(NC(=O)C2CC2)ccc1N1CCN(C(=O)c2ccccc2F)CC1. The van der Waals surface area contributed by atoms with E-state index in [9.17, 15) is 23.2 Å². The maximum Gasteiger partial charge on any atom is 0.256 e. The normalized spacial score (nSPS) is 15.2. The van der Waals surface area contributed by atoms with Crippen LogP contribution in [0.4, 0.5) is 20.2 Å². The molecule has 196 valence electrons. The van der Waals surface area contributed by atoms with Crippen molar-refractivity contribution in [3.63, 3.8) is 0 Å². The molecule has 1 saturated carbocycles. The lowest BCUT2D eigenvalue weighted by Crippen LogP contribution is -2.49. The predicted octanol–water partition coefficient (Wildman–Crippen LogP) is 4.21. The van der Waals surface area contributed by atoms with Crippen molar-refractivity contribution in [1.29, 1.82) is 0 Å². The third kappa shape index (κ3) is 5.82. The number of hydrogen-bond donors (Lipinski definition) is 2. The zero-order chi connectivity index (χ0) is 26.6. The molecule has 1 aliphatic heterocycles. The molecule has 3 aromatic rings. The van der Waals surface area contributed by atoms with Crippen LogP contribution in [0.15, 0.2) is 66.7 Å². The van der Waals surface area contributed by atoms with Gasteiger partial charge in [-0.15, -0.1) is 0 Å². The maximum atomic E-state index is 14.1. The van der Waals surface area contributed by atoms with Gasteiger partial charge < -0.3 is 20.4 Å². The molecule has 0 spiro atoms. The second kappa shape index (κ2) is 11.0. The molecular formula is C29H28F2N4O3. The summed E-state index contributed by atoms with van der Waals surface area (Å²) in [5.41, 5.74) is 2.38. The molecule has 0 atom stereocenters. The van der Waals surface area contributed by atoms with Gasteiger partial charge in [0.25, 0.3) is 11.8 Å². The molecule has 1 saturated heterocycles. The van der Waals surface area contributed by atoms with Crippen LogP contribution in [0.1, 0.15) is 39.1 Å². The van der Waals surface area contributed by atoms with Crippen LogP contribution in [0.25, 0.3) is 0 Å². The fraction of sp³-hybridized carbons (Fsp3) is 0.276. The van der Waals surface area contributed by atoms with E-state index in [1.807, 2.05) is 4.90 Å². The second-order valence-corrected chi connectivity index (χ2v) is 9.56. The zero-order valence-corrected chi connectivity index (χ0v) is 20.8. The summed E-state index contributed by atoms with van der Waals surface area (Å²) in [6.45, 7) is 1.84. The number of hydrogen-bond acceptors (Lipinski definition) is 4. The van der Waals surface area contributed by atoms with Crippen molar-refractivity contribution in [3.05, 3.63) is 95.1 Å². The number of benzene rings is 3. The van der Waals surface area contributed by atoms with E-state index < -0.39 is 5.82 Å². The molecule has 1 aliphatic carbocycles. The van der Waals surface area contributed by atoms with Crippen molar-refractivity contribution in [2.75, 3.05) is 36.4 Å². The van der Waals surface area contributed by atoms with E-state index in [-0.39, 0.29) is 41.6 Å². The Morgan fingerprint density at radius 1 is 0.842 bits per heavy atom. The van der Waals surface area contributed by atoms with Crippen LogP contribution >= 0.6 is 0 Å². The fourth-order valence-electron chi connectivity index (χ4n) is 4.50. The number of nitrogens with one attached hydrogen (secondary N) is 2. The van der Waals surface area contributed by atoms with Crippen molar-refractivity contribution in [2.45, 2.75) is 19.4 Å². The number of carbonyl (C=O) groups excluding carboxylic acids is 3. The monoisotopic (exact) mass is 518 g/mol. The predicted molar refractivity (Wildman–Crippen MR) is 140 cm³/mol. The highest BCUT2D eigenvalue weighted by molar-refractivity contribution is 6.02. The van der Waals surface area contributed by atoms with Crippen LogP contribution in [0.2, 0.25) is 0 Å². The first-order chi connectivity index (χ1) is 18.4. The summed E-state index contributed by atoms with van der Waals surface area (Å²) in [5, 5.41) is 5.76. The Hall–Kier alpha value is -4.27. The van der Waals surface area contributed by atoms with Crippen LogP contribution in [-0.2, 0) is 11.3 Å². The highest BCUT2D eigenvalue weighted by atomic mass is 19.1. The highest BCUT2D eigenvalue weighted by Crippen LogP contribution is 2.31. The van der Waals surface area contributed by atoms with Crippen molar-refractivity contribution >= 4 is 29.1 Å². The van der Waals surface area contributed by atoms with Gasteiger partial charge in [0.15, 0.2) is 0 Å². The highest BCUT2D eigenvalue weighted by Gasteiger charge is 2.30. The van der Waals surface area contributed by atoms with Crippen molar-refractivity contribution in [2.24, 2.45) is 5.92 Å². The summed E-state index contributed by atoms with van der Waals surface area (Å²) in [7, 11) is 0. The number of nitrogens with zero attached hydrogens (tertiary/aromatic N) is 2. The van der Waals surface area contributed by atoms with E-state index in [0.29, 0.717) is 43.1 Å². The third-order valence-corrected chi connectivity index (χ3v) is 6.84. The van der Waals surface area contributed by atoms with Crippen molar-refractivity contribution in [1.82, 2.24) is 10.2 Å². The van der Waals surface area contributed by atoms with Crippen molar-refractivity contribution in [3.8, 4) is 0 Å². The van der Waals surface area contributed by atoms with E-state index in [1.165, 1.54) is 24.3 Å². The Balaban J connectivity index is 1.32. The van der Waals surface area contributed by atoms with Gasteiger partial charge in [0, 0.05) is 50.0 Å². The first-order valence-electron chi connectivity index (χ1n) is 12.7. The average Bonchev–Trinajstić information content (AvgIpc) is 3.79. The van der Waals surface area contributed by atoms with Gasteiger partial charge in [-0.05, 0) is 60.9 Å². The summed E-state index contributed by atoms with van der Waals surface area (Å²) < 4.78 is 27.4. The molecule has 38 heavy (non-hydrogen) atoms. The third-order valence-electron chi connectivity index (χ3n) is 6.84. The Labute approximate surface area is 219 Å². The number of halogens is 2. The van der Waals surface area contributed by atoms with E-state index in [0.717, 1.165) is 18.4 Å². The molecule has 2 aliphatic rings. The lowest BCUT2D eigenvalue weighted by molar-refractivity contribution is -0.117. The van der Waals surface area contributed by atoms with Crippen LogP contribution in [0, 0.1) is 17.6 Å². The van der Waals surface area contributed by atoms with E-state index in [1.54, 1.807) is 47.4 Å². The van der Waals surface area contributed by atoms with E-state index in [4.69, 9.17) is 0 Å². The summed E-state index contributed by atoms with van der Waals surface area (Å²) in [5.74, 6) is -1.64. The molecule has 3 amide bonds. The Kier molecular flexibility index (Phi) is 7.35.